The van der Waals surface area contributed by atoms with Crippen LogP contribution in [0.4, 0.5) is 0 Å². The number of aliphatic hydroxyl groups excluding tert-OH is 1. The topological polar surface area (TPSA) is 29.5 Å². The summed E-state index contributed by atoms with van der Waals surface area (Å²) >= 11 is 0. The lowest BCUT2D eigenvalue weighted by Crippen LogP contribution is -2.21. The molecule has 0 aliphatic heterocycles. The maximum Gasteiger partial charge on any atom is 0.0567 e. The minimum Gasteiger partial charge on any atom is -0.393 e. The fraction of sp³-hybridized carbons (Fsp3) is 1.00. The van der Waals surface area contributed by atoms with Gasteiger partial charge < -0.3 is 9.84 Å². The highest BCUT2D eigenvalue weighted by Gasteiger charge is 2.18. The highest BCUT2D eigenvalue weighted by Crippen LogP contribution is 2.28. The first kappa shape index (κ1) is 12.0. The molecule has 1 fully saturated rings. The van der Waals surface area contributed by atoms with Gasteiger partial charge in [-0.3, -0.25) is 0 Å². The van der Waals surface area contributed by atoms with E-state index in [2.05, 4.69) is 0 Å². The predicted octanol–water partition coefficient (Wildman–Crippen LogP) is 2.74. The SMILES string of the molecule is COC(C)CC(O)CC1CCCCC1. The number of rotatable bonds is 5. The van der Waals surface area contributed by atoms with Crippen LogP contribution in [-0.4, -0.2) is 24.4 Å². The predicted molar refractivity (Wildman–Crippen MR) is 58.3 cm³/mol. The van der Waals surface area contributed by atoms with Crippen LogP contribution in [0.2, 0.25) is 0 Å². The van der Waals surface area contributed by atoms with Crippen LogP contribution >= 0.6 is 0 Å². The fourth-order valence-electron chi connectivity index (χ4n) is 2.38. The van der Waals surface area contributed by atoms with Crippen molar-refractivity contribution in [1.82, 2.24) is 0 Å². The molecule has 1 N–H and O–H groups in total. The maximum atomic E-state index is 9.82. The second-order valence-corrected chi connectivity index (χ2v) is 4.68. The summed E-state index contributed by atoms with van der Waals surface area (Å²) in [5.41, 5.74) is 0. The number of hydrogen-bond donors (Lipinski definition) is 1. The van der Waals surface area contributed by atoms with Crippen molar-refractivity contribution in [2.45, 2.75) is 64.1 Å². The molecule has 2 unspecified atom stereocenters. The summed E-state index contributed by atoms with van der Waals surface area (Å²) in [6.45, 7) is 2.02. The van der Waals surface area contributed by atoms with Gasteiger partial charge in [-0.25, -0.2) is 0 Å². The van der Waals surface area contributed by atoms with Gasteiger partial charge in [-0.2, -0.15) is 0 Å². The zero-order valence-corrected chi connectivity index (χ0v) is 9.54. The average Bonchev–Trinajstić information content (AvgIpc) is 2.19. The maximum absolute atomic E-state index is 9.82. The largest absolute Gasteiger partial charge is 0.393 e. The molecule has 0 aromatic carbocycles. The number of ether oxygens (including phenoxy) is 1. The van der Waals surface area contributed by atoms with Crippen molar-refractivity contribution in [2.75, 3.05) is 7.11 Å². The standard InChI is InChI=1S/C12H24O2/c1-10(14-2)8-12(13)9-11-6-4-3-5-7-11/h10-13H,3-9H2,1-2H3. The molecule has 14 heavy (non-hydrogen) atoms. The van der Waals surface area contributed by atoms with Crippen LogP contribution in [0.5, 0.6) is 0 Å². The van der Waals surface area contributed by atoms with Gasteiger partial charge in [0, 0.05) is 7.11 Å². The van der Waals surface area contributed by atoms with Crippen LogP contribution in [0.3, 0.4) is 0 Å². The third kappa shape index (κ3) is 4.43. The van der Waals surface area contributed by atoms with Gasteiger partial charge in [-0.1, -0.05) is 32.1 Å². The highest BCUT2D eigenvalue weighted by atomic mass is 16.5. The minimum atomic E-state index is -0.159. The molecule has 1 aliphatic carbocycles. The molecule has 1 rings (SSSR count). The van der Waals surface area contributed by atoms with E-state index in [0.29, 0.717) is 0 Å². The summed E-state index contributed by atoms with van der Waals surface area (Å²) in [5.74, 6) is 0.766. The molecule has 0 aromatic rings. The first-order valence-electron chi connectivity index (χ1n) is 5.93. The van der Waals surface area contributed by atoms with E-state index in [0.717, 1.165) is 18.8 Å². The number of methoxy groups -OCH3 is 1. The summed E-state index contributed by atoms with van der Waals surface area (Å²) in [5, 5.41) is 9.82. The zero-order chi connectivity index (χ0) is 10.4. The molecule has 0 saturated heterocycles. The number of hydrogen-bond acceptors (Lipinski definition) is 2. The van der Waals surface area contributed by atoms with Crippen molar-refractivity contribution < 1.29 is 9.84 Å². The Hall–Kier alpha value is -0.0800. The summed E-state index contributed by atoms with van der Waals surface area (Å²) in [6.07, 6.45) is 8.54. The van der Waals surface area contributed by atoms with Crippen LogP contribution in [0.25, 0.3) is 0 Å². The average molecular weight is 200 g/mol. The minimum absolute atomic E-state index is 0.159. The van der Waals surface area contributed by atoms with Crippen LogP contribution in [0.1, 0.15) is 51.9 Å². The van der Waals surface area contributed by atoms with E-state index < -0.39 is 0 Å². The molecule has 2 heteroatoms. The smallest absolute Gasteiger partial charge is 0.0567 e. The molecule has 0 aromatic heterocycles. The zero-order valence-electron chi connectivity index (χ0n) is 9.54. The van der Waals surface area contributed by atoms with Crippen LogP contribution < -0.4 is 0 Å². The van der Waals surface area contributed by atoms with Crippen molar-refractivity contribution >= 4 is 0 Å². The molecule has 84 valence electrons. The Bertz CT molecular complexity index is 141. The van der Waals surface area contributed by atoms with Gasteiger partial charge in [-0.05, 0) is 25.7 Å². The molecule has 0 heterocycles. The third-order valence-corrected chi connectivity index (χ3v) is 3.34. The van der Waals surface area contributed by atoms with Crippen molar-refractivity contribution in [3.05, 3.63) is 0 Å². The summed E-state index contributed by atoms with van der Waals surface area (Å²) in [7, 11) is 1.71. The monoisotopic (exact) mass is 200 g/mol. The third-order valence-electron chi connectivity index (χ3n) is 3.34. The molecular formula is C12H24O2. The van der Waals surface area contributed by atoms with Crippen LogP contribution in [0, 0.1) is 5.92 Å². The van der Waals surface area contributed by atoms with Gasteiger partial charge >= 0.3 is 0 Å². The van der Waals surface area contributed by atoms with Crippen molar-refractivity contribution in [3.63, 3.8) is 0 Å². The van der Waals surface area contributed by atoms with E-state index in [9.17, 15) is 5.11 Å². The molecule has 0 radical (unpaired) electrons. The van der Waals surface area contributed by atoms with E-state index in [1.54, 1.807) is 7.11 Å². The van der Waals surface area contributed by atoms with Gasteiger partial charge in [0.05, 0.1) is 12.2 Å². The Kier molecular flexibility index (Phi) is 5.49. The van der Waals surface area contributed by atoms with E-state index in [1.807, 2.05) is 6.92 Å². The Morgan fingerprint density at radius 2 is 1.93 bits per heavy atom. The van der Waals surface area contributed by atoms with E-state index >= 15 is 0 Å². The lowest BCUT2D eigenvalue weighted by atomic mass is 9.84. The van der Waals surface area contributed by atoms with E-state index in [4.69, 9.17) is 4.74 Å². The summed E-state index contributed by atoms with van der Waals surface area (Å²) < 4.78 is 5.15. The molecule has 2 atom stereocenters. The fourth-order valence-corrected chi connectivity index (χ4v) is 2.38. The quantitative estimate of drug-likeness (QED) is 0.739. The van der Waals surface area contributed by atoms with Gasteiger partial charge in [0.1, 0.15) is 0 Å². The lowest BCUT2D eigenvalue weighted by molar-refractivity contribution is 0.0426. The van der Waals surface area contributed by atoms with Gasteiger partial charge in [-0.15, -0.1) is 0 Å². The van der Waals surface area contributed by atoms with Crippen molar-refractivity contribution in [2.24, 2.45) is 5.92 Å². The molecular weight excluding hydrogens is 176 g/mol. The van der Waals surface area contributed by atoms with Gasteiger partial charge in [0.2, 0.25) is 0 Å². The van der Waals surface area contributed by atoms with Crippen LogP contribution in [-0.2, 0) is 4.74 Å². The Morgan fingerprint density at radius 3 is 2.50 bits per heavy atom. The Labute approximate surface area is 87.7 Å². The summed E-state index contributed by atoms with van der Waals surface area (Å²) in [4.78, 5) is 0. The van der Waals surface area contributed by atoms with Gasteiger partial charge in [0.15, 0.2) is 0 Å². The second kappa shape index (κ2) is 6.41. The highest BCUT2D eigenvalue weighted by molar-refractivity contribution is 4.71. The Balaban J connectivity index is 2.14. The summed E-state index contributed by atoms with van der Waals surface area (Å²) in [6, 6.07) is 0. The second-order valence-electron chi connectivity index (χ2n) is 4.68. The Morgan fingerprint density at radius 1 is 1.29 bits per heavy atom. The van der Waals surface area contributed by atoms with Gasteiger partial charge in [0.25, 0.3) is 0 Å². The van der Waals surface area contributed by atoms with Crippen LogP contribution in [0.15, 0.2) is 0 Å². The molecule has 0 amide bonds. The van der Waals surface area contributed by atoms with E-state index in [-0.39, 0.29) is 12.2 Å². The number of aliphatic hydroxyl groups is 1. The van der Waals surface area contributed by atoms with Crippen molar-refractivity contribution in [1.29, 1.82) is 0 Å². The lowest BCUT2D eigenvalue weighted by Gasteiger charge is -2.25. The molecule has 1 saturated carbocycles. The molecule has 0 spiro atoms. The van der Waals surface area contributed by atoms with Crippen molar-refractivity contribution in [3.8, 4) is 0 Å². The molecule has 1 aliphatic rings. The normalized spacial score (nSPS) is 23.4. The molecule has 2 nitrogen and oxygen atoms in total. The van der Waals surface area contributed by atoms with E-state index in [1.165, 1.54) is 32.1 Å². The first-order valence-corrected chi connectivity index (χ1v) is 5.93. The molecule has 0 bridgehead atoms. The first-order chi connectivity index (χ1) is 6.72.